The number of sulfone groups is 1. The van der Waals surface area contributed by atoms with Crippen molar-refractivity contribution in [1.82, 2.24) is 10.6 Å². The molecular weight excluding hydrogens is 280 g/mol. The summed E-state index contributed by atoms with van der Waals surface area (Å²) in [7, 11) is -1.93. The number of carbonyl (C=O) groups excluding carboxylic acids is 1. The van der Waals surface area contributed by atoms with E-state index in [4.69, 9.17) is 4.74 Å². The van der Waals surface area contributed by atoms with Crippen molar-refractivity contribution in [1.29, 1.82) is 0 Å². The van der Waals surface area contributed by atoms with Crippen LogP contribution in [0, 0.1) is 0 Å². The number of carbonyl (C=O) groups is 1. The molecule has 0 saturated heterocycles. The van der Waals surface area contributed by atoms with Crippen LogP contribution < -0.4 is 15.4 Å². The Kier molecular flexibility index (Phi) is 5.97. The Morgan fingerprint density at radius 3 is 2.55 bits per heavy atom. The molecule has 0 fully saturated rings. The minimum absolute atomic E-state index is 0.0927. The van der Waals surface area contributed by atoms with E-state index in [-0.39, 0.29) is 16.4 Å². The number of amides is 1. The van der Waals surface area contributed by atoms with Crippen molar-refractivity contribution in [3.05, 3.63) is 23.8 Å². The molecule has 2 N–H and O–H groups in total. The largest absolute Gasteiger partial charge is 0.496 e. The molecule has 20 heavy (non-hydrogen) atoms. The van der Waals surface area contributed by atoms with Crippen molar-refractivity contribution in [2.75, 3.05) is 33.0 Å². The third-order valence-corrected chi connectivity index (χ3v) is 3.79. The highest BCUT2D eigenvalue weighted by molar-refractivity contribution is 7.90. The molecule has 0 unspecified atom stereocenters. The average Bonchev–Trinajstić information content (AvgIpc) is 2.41. The van der Waals surface area contributed by atoms with Crippen LogP contribution in [-0.4, -0.2) is 47.3 Å². The van der Waals surface area contributed by atoms with E-state index in [0.29, 0.717) is 18.8 Å². The van der Waals surface area contributed by atoms with E-state index in [0.717, 1.165) is 12.8 Å². The minimum atomic E-state index is -3.36. The van der Waals surface area contributed by atoms with Gasteiger partial charge in [0.15, 0.2) is 9.84 Å². The van der Waals surface area contributed by atoms with Crippen molar-refractivity contribution in [3.8, 4) is 5.75 Å². The third kappa shape index (κ3) is 4.50. The molecule has 1 amide bonds. The van der Waals surface area contributed by atoms with Gasteiger partial charge in [0.25, 0.3) is 5.91 Å². The first-order valence-electron chi connectivity index (χ1n) is 6.27. The van der Waals surface area contributed by atoms with Gasteiger partial charge in [-0.1, -0.05) is 6.92 Å². The summed E-state index contributed by atoms with van der Waals surface area (Å²) in [6.07, 6.45) is 1.10. The Morgan fingerprint density at radius 2 is 2.00 bits per heavy atom. The number of ether oxygens (including phenoxy) is 1. The first-order chi connectivity index (χ1) is 9.40. The highest BCUT2D eigenvalue weighted by atomic mass is 32.2. The first kappa shape index (κ1) is 16.5. The monoisotopic (exact) mass is 300 g/mol. The minimum Gasteiger partial charge on any atom is -0.496 e. The number of nitrogens with one attached hydrogen (secondary N) is 2. The van der Waals surface area contributed by atoms with Gasteiger partial charge in [-0.05, 0) is 24.7 Å². The topological polar surface area (TPSA) is 84.5 Å². The fourth-order valence-corrected chi connectivity index (χ4v) is 2.28. The summed E-state index contributed by atoms with van der Waals surface area (Å²) < 4.78 is 28.1. The SMILES string of the molecule is CCNCCNC(=O)c1cc(S(C)(=O)=O)ccc1OC. The molecule has 7 heteroatoms. The van der Waals surface area contributed by atoms with Gasteiger partial charge in [-0.25, -0.2) is 8.42 Å². The number of hydrogen-bond acceptors (Lipinski definition) is 5. The lowest BCUT2D eigenvalue weighted by atomic mass is 10.2. The fourth-order valence-electron chi connectivity index (χ4n) is 1.63. The van der Waals surface area contributed by atoms with Gasteiger partial charge in [0.2, 0.25) is 0 Å². The lowest BCUT2D eigenvalue weighted by Crippen LogP contribution is -2.32. The van der Waals surface area contributed by atoms with E-state index < -0.39 is 9.84 Å². The van der Waals surface area contributed by atoms with Crippen LogP contribution in [0.2, 0.25) is 0 Å². The summed E-state index contributed by atoms with van der Waals surface area (Å²) in [5, 5.41) is 5.79. The molecule has 0 spiro atoms. The molecule has 0 radical (unpaired) electrons. The summed E-state index contributed by atoms with van der Waals surface area (Å²) in [5.41, 5.74) is 0.215. The average molecular weight is 300 g/mol. The third-order valence-electron chi connectivity index (χ3n) is 2.68. The van der Waals surface area contributed by atoms with Crippen LogP contribution in [0.5, 0.6) is 5.75 Å². The molecule has 6 nitrogen and oxygen atoms in total. The predicted octanol–water partition coefficient (Wildman–Crippen LogP) is 0.438. The molecule has 112 valence electrons. The normalized spacial score (nSPS) is 11.2. The smallest absolute Gasteiger partial charge is 0.255 e. The zero-order valence-corrected chi connectivity index (χ0v) is 12.7. The fraction of sp³-hybridized carbons (Fsp3) is 0.462. The Morgan fingerprint density at radius 1 is 1.30 bits per heavy atom. The number of likely N-dealkylation sites (N-methyl/N-ethyl adjacent to an activating group) is 1. The van der Waals surface area contributed by atoms with Crippen LogP contribution in [0.25, 0.3) is 0 Å². The van der Waals surface area contributed by atoms with Crippen molar-refractivity contribution < 1.29 is 17.9 Å². The van der Waals surface area contributed by atoms with Crippen LogP contribution >= 0.6 is 0 Å². The molecule has 0 bridgehead atoms. The summed E-state index contributed by atoms with van der Waals surface area (Å²) in [4.78, 5) is 12.1. The summed E-state index contributed by atoms with van der Waals surface area (Å²) in [6, 6.07) is 4.23. The van der Waals surface area contributed by atoms with Crippen LogP contribution in [-0.2, 0) is 9.84 Å². The van der Waals surface area contributed by atoms with Crippen LogP contribution in [0.3, 0.4) is 0 Å². The Bertz CT molecular complexity index is 570. The van der Waals surface area contributed by atoms with Crippen molar-refractivity contribution >= 4 is 15.7 Å². The maximum absolute atomic E-state index is 12.1. The molecule has 0 aliphatic carbocycles. The quantitative estimate of drug-likeness (QED) is 0.714. The van der Waals surface area contributed by atoms with Gasteiger partial charge in [0.1, 0.15) is 5.75 Å². The second-order valence-electron chi connectivity index (χ2n) is 4.24. The molecule has 0 saturated carbocycles. The molecule has 0 aromatic heterocycles. The van der Waals surface area contributed by atoms with E-state index in [1.807, 2.05) is 6.92 Å². The molecule has 0 atom stereocenters. The maximum atomic E-state index is 12.1. The number of rotatable bonds is 7. The van der Waals surface area contributed by atoms with Crippen molar-refractivity contribution in [2.45, 2.75) is 11.8 Å². The van der Waals surface area contributed by atoms with Gasteiger partial charge in [0.05, 0.1) is 17.6 Å². The second kappa shape index (κ2) is 7.25. The number of benzene rings is 1. The zero-order valence-electron chi connectivity index (χ0n) is 11.9. The summed E-state index contributed by atoms with van der Waals surface area (Å²) >= 11 is 0. The van der Waals surface area contributed by atoms with Gasteiger partial charge < -0.3 is 15.4 Å². The lowest BCUT2D eigenvalue weighted by molar-refractivity contribution is 0.0950. The molecule has 0 heterocycles. The molecule has 0 aliphatic heterocycles. The first-order valence-corrected chi connectivity index (χ1v) is 8.16. The highest BCUT2D eigenvalue weighted by Crippen LogP contribution is 2.22. The van der Waals surface area contributed by atoms with Crippen LogP contribution in [0.4, 0.5) is 0 Å². The highest BCUT2D eigenvalue weighted by Gasteiger charge is 2.16. The standard InChI is InChI=1S/C13H20N2O4S/c1-4-14-7-8-15-13(16)11-9-10(20(3,17)18)5-6-12(11)19-2/h5-6,9,14H,4,7-8H2,1-3H3,(H,15,16). The van der Waals surface area contributed by atoms with E-state index in [9.17, 15) is 13.2 Å². The number of hydrogen-bond donors (Lipinski definition) is 2. The van der Waals surface area contributed by atoms with Crippen molar-refractivity contribution in [3.63, 3.8) is 0 Å². The Hall–Kier alpha value is -1.60. The second-order valence-corrected chi connectivity index (χ2v) is 6.26. The lowest BCUT2D eigenvalue weighted by Gasteiger charge is -2.11. The molecule has 0 aliphatic rings. The van der Waals surface area contributed by atoms with E-state index in [1.54, 1.807) is 0 Å². The van der Waals surface area contributed by atoms with Crippen LogP contribution in [0.1, 0.15) is 17.3 Å². The number of methoxy groups -OCH3 is 1. The van der Waals surface area contributed by atoms with Gasteiger partial charge in [-0.2, -0.15) is 0 Å². The van der Waals surface area contributed by atoms with Crippen molar-refractivity contribution in [2.24, 2.45) is 0 Å². The summed E-state index contributed by atoms with van der Waals surface area (Å²) in [5.74, 6) is -0.0106. The van der Waals surface area contributed by atoms with Gasteiger partial charge in [-0.15, -0.1) is 0 Å². The predicted molar refractivity (Wildman–Crippen MR) is 77.0 cm³/mol. The summed E-state index contributed by atoms with van der Waals surface area (Å²) in [6.45, 7) is 3.90. The van der Waals surface area contributed by atoms with Gasteiger partial charge in [0, 0.05) is 19.3 Å². The zero-order chi connectivity index (χ0) is 15.2. The Balaban J connectivity index is 2.93. The molecule has 1 aromatic rings. The molecule has 1 aromatic carbocycles. The maximum Gasteiger partial charge on any atom is 0.255 e. The van der Waals surface area contributed by atoms with Gasteiger partial charge >= 0.3 is 0 Å². The molecule has 1 rings (SSSR count). The van der Waals surface area contributed by atoms with Crippen LogP contribution in [0.15, 0.2) is 23.1 Å². The van der Waals surface area contributed by atoms with Gasteiger partial charge in [-0.3, -0.25) is 4.79 Å². The van der Waals surface area contributed by atoms with E-state index in [2.05, 4.69) is 10.6 Å². The van der Waals surface area contributed by atoms with E-state index in [1.165, 1.54) is 25.3 Å². The van der Waals surface area contributed by atoms with E-state index >= 15 is 0 Å². The molecular formula is C13H20N2O4S. The Labute approximate surface area is 119 Å².